The third-order valence-corrected chi connectivity index (χ3v) is 9.29. The van der Waals surface area contributed by atoms with Gasteiger partial charge >= 0.3 is 5.97 Å². The lowest BCUT2D eigenvalue weighted by Crippen LogP contribution is -2.57. The second-order valence-corrected chi connectivity index (χ2v) is 12.5. The van der Waals surface area contributed by atoms with E-state index in [9.17, 15) is 24.3 Å². The molecule has 0 spiro atoms. The van der Waals surface area contributed by atoms with Crippen molar-refractivity contribution in [1.29, 1.82) is 0 Å². The molecule has 0 radical (unpaired) electrons. The Morgan fingerprint density at radius 1 is 1.25 bits per heavy atom. The number of benzene rings is 1. The van der Waals surface area contributed by atoms with E-state index in [2.05, 4.69) is 31.6 Å². The summed E-state index contributed by atoms with van der Waals surface area (Å²) in [4.78, 5) is 58.6. The molecule has 4 rings (SSSR count). The Morgan fingerprint density at radius 2 is 1.93 bits per heavy atom. The number of carbonyl (C=O) groups excluding carboxylic acids is 3. The van der Waals surface area contributed by atoms with E-state index in [0.717, 1.165) is 27.8 Å². The number of aliphatic carboxylic acids is 1. The first-order valence-electron chi connectivity index (χ1n) is 13.3. The number of halogens is 1. The van der Waals surface area contributed by atoms with Gasteiger partial charge in [0.15, 0.2) is 0 Å². The first-order valence-corrected chi connectivity index (χ1v) is 14.9. The second-order valence-electron chi connectivity index (χ2n) is 10.7. The van der Waals surface area contributed by atoms with Crippen LogP contribution in [-0.4, -0.2) is 76.7 Å². The van der Waals surface area contributed by atoms with Crippen molar-refractivity contribution < 1.29 is 28.5 Å². The molecule has 10 nitrogen and oxygen atoms in total. The van der Waals surface area contributed by atoms with Crippen LogP contribution in [0.1, 0.15) is 40.0 Å². The van der Waals surface area contributed by atoms with Gasteiger partial charge in [-0.25, -0.2) is 4.79 Å². The molecule has 3 fully saturated rings. The Hall–Kier alpha value is -2.70. The Labute approximate surface area is 246 Å². The average molecular weight is 636 g/mol. The zero-order chi connectivity index (χ0) is 29.2. The number of carboxylic acid groups (broad SMARTS) is 1. The molecule has 3 N–H and O–H groups in total. The van der Waals surface area contributed by atoms with E-state index in [1.807, 2.05) is 31.2 Å². The summed E-state index contributed by atoms with van der Waals surface area (Å²) in [6, 6.07) is 5.79. The maximum atomic E-state index is 14.0. The second kappa shape index (κ2) is 12.4. The maximum Gasteiger partial charge on any atom is 0.330 e. The van der Waals surface area contributed by atoms with Crippen molar-refractivity contribution in [2.45, 2.75) is 68.7 Å². The normalized spacial score (nSPS) is 30.2. The molecule has 0 aromatic heterocycles. The molecule has 1 aliphatic heterocycles. The number of allylic oxidation sites excluding steroid dienone is 1. The SMILES string of the molecule is C/C=C\[C@@H]1C[C@]1(NC(=O)C1C[C@H](OSc2ccc(Br)cc2)CN1C(=O)[C@@H](NC(=O)C(C)=NC)C1CC1C)C(=O)O. The highest BCUT2D eigenvalue weighted by molar-refractivity contribution is 9.10. The van der Waals surface area contributed by atoms with E-state index >= 15 is 0 Å². The Kier molecular flexibility index (Phi) is 9.41. The summed E-state index contributed by atoms with van der Waals surface area (Å²) in [5.41, 5.74) is -1.14. The topological polar surface area (TPSA) is 137 Å². The van der Waals surface area contributed by atoms with Crippen LogP contribution in [-0.2, 0) is 23.4 Å². The van der Waals surface area contributed by atoms with Crippen LogP contribution < -0.4 is 10.6 Å². The summed E-state index contributed by atoms with van der Waals surface area (Å²) < 4.78 is 6.98. The Balaban J connectivity index is 1.55. The fourth-order valence-corrected chi connectivity index (χ4v) is 6.06. The minimum Gasteiger partial charge on any atom is -0.479 e. The van der Waals surface area contributed by atoms with E-state index in [1.54, 1.807) is 26.0 Å². The van der Waals surface area contributed by atoms with Gasteiger partial charge in [0, 0.05) is 47.3 Å². The average Bonchev–Trinajstić information content (AvgIpc) is 3.78. The highest BCUT2D eigenvalue weighted by Gasteiger charge is 2.61. The molecular formula is C28H35BrN4O6S. The molecule has 3 aliphatic rings. The van der Waals surface area contributed by atoms with Crippen molar-refractivity contribution in [1.82, 2.24) is 15.5 Å². The lowest BCUT2D eigenvalue weighted by Gasteiger charge is -2.29. The van der Waals surface area contributed by atoms with E-state index < -0.39 is 41.5 Å². The number of carbonyl (C=O) groups is 4. The standard InChI is InChI=1S/C28H35BrN4O6S/c1-5-6-17-13-28(17,27(37)38)32-25(35)22-12-19(39-40-20-9-7-18(29)8-10-20)14-33(22)26(36)23(21-11-15(21)2)31-24(34)16(3)30-4/h5-10,15,17,19,21-23H,11-14H2,1-4H3,(H,31,34)(H,32,35)(H,37,38)/b6-5-,30-16?/t15?,17-,19+,21?,22?,23+,28-/m1/s1. The molecular weight excluding hydrogens is 600 g/mol. The summed E-state index contributed by atoms with van der Waals surface area (Å²) in [7, 11) is 1.51. The van der Waals surface area contributed by atoms with Gasteiger partial charge < -0.3 is 24.8 Å². The third-order valence-electron chi connectivity index (χ3n) is 7.93. The number of nitrogens with zero attached hydrogens (tertiary/aromatic N) is 2. The molecule has 1 saturated heterocycles. The number of rotatable bonds is 11. The predicted molar refractivity (Wildman–Crippen MR) is 155 cm³/mol. The summed E-state index contributed by atoms with van der Waals surface area (Å²) in [6.07, 6.45) is 4.31. The van der Waals surface area contributed by atoms with Crippen molar-refractivity contribution in [3.8, 4) is 0 Å². The molecule has 3 amide bonds. The Bertz CT molecular complexity index is 1220. The van der Waals surface area contributed by atoms with Gasteiger partial charge in [0.1, 0.15) is 17.6 Å². The number of amides is 3. The molecule has 3 unspecified atom stereocenters. The molecule has 40 heavy (non-hydrogen) atoms. The highest BCUT2D eigenvalue weighted by atomic mass is 79.9. The largest absolute Gasteiger partial charge is 0.479 e. The summed E-state index contributed by atoms with van der Waals surface area (Å²) in [5, 5.41) is 15.5. The maximum absolute atomic E-state index is 14.0. The molecule has 1 aromatic rings. The zero-order valence-electron chi connectivity index (χ0n) is 22.9. The lowest BCUT2D eigenvalue weighted by molar-refractivity contribution is -0.146. The molecule has 12 heteroatoms. The van der Waals surface area contributed by atoms with Gasteiger partial charge in [-0.1, -0.05) is 35.0 Å². The van der Waals surface area contributed by atoms with Crippen LogP contribution in [0.15, 0.2) is 50.8 Å². The minimum atomic E-state index is -1.39. The Morgan fingerprint density at radius 3 is 2.50 bits per heavy atom. The van der Waals surface area contributed by atoms with Gasteiger partial charge in [0.05, 0.1) is 11.8 Å². The molecule has 2 saturated carbocycles. The van der Waals surface area contributed by atoms with Gasteiger partial charge in [-0.05, 0) is 62.8 Å². The first-order chi connectivity index (χ1) is 19.0. The van der Waals surface area contributed by atoms with Gasteiger partial charge in [0.25, 0.3) is 5.91 Å². The molecule has 7 atom stereocenters. The van der Waals surface area contributed by atoms with Crippen LogP contribution in [0, 0.1) is 17.8 Å². The molecule has 1 aromatic carbocycles. The number of nitrogens with one attached hydrogen (secondary N) is 2. The van der Waals surface area contributed by atoms with Crippen LogP contribution in [0.5, 0.6) is 0 Å². The lowest BCUT2D eigenvalue weighted by atomic mass is 10.1. The van der Waals surface area contributed by atoms with Crippen LogP contribution in [0.2, 0.25) is 0 Å². The van der Waals surface area contributed by atoms with Crippen molar-refractivity contribution in [2.24, 2.45) is 22.7 Å². The first kappa shape index (κ1) is 30.3. The molecule has 0 bridgehead atoms. The van der Waals surface area contributed by atoms with Crippen LogP contribution >= 0.6 is 28.0 Å². The third kappa shape index (κ3) is 6.60. The highest BCUT2D eigenvalue weighted by Crippen LogP contribution is 2.46. The van der Waals surface area contributed by atoms with Gasteiger partial charge in [0.2, 0.25) is 11.8 Å². The van der Waals surface area contributed by atoms with E-state index in [4.69, 9.17) is 4.18 Å². The summed E-state index contributed by atoms with van der Waals surface area (Å²) in [6.45, 7) is 5.52. The smallest absolute Gasteiger partial charge is 0.330 e. The number of aliphatic imine (C=N–C) groups is 1. The van der Waals surface area contributed by atoms with Crippen LogP contribution in [0.3, 0.4) is 0 Å². The minimum absolute atomic E-state index is 0.0604. The number of carboxylic acids is 1. The number of hydrogen-bond acceptors (Lipinski definition) is 7. The fraction of sp³-hybridized carbons (Fsp3) is 0.536. The quantitative estimate of drug-likeness (QED) is 0.193. The van der Waals surface area contributed by atoms with Gasteiger partial charge in [-0.15, -0.1) is 0 Å². The number of hydrogen-bond donors (Lipinski definition) is 3. The zero-order valence-corrected chi connectivity index (χ0v) is 25.3. The van der Waals surface area contributed by atoms with E-state index in [1.165, 1.54) is 11.9 Å². The van der Waals surface area contributed by atoms with Crippen molar-refractivity contribution >= 4 is 57.4 Å². The predicted octanol–water partition coefficient (Wildman–Crippen LogP) is 3.21. The van der Waals surface area contributed by atoms with Gasteiger partial charge in [-0.2, -0.15) is 0 Å². The van der Waals surface area contributed by atoms with Gasteiger partial charge in [-0.3, -0.25) is 19.4 Å². The van der Waals surface area contributed by atoms with Crippen molar-refractivity contribution in [3.05, 3.63) is 40.9 Å². The number of likely N-dealkylation sites (tertiary alicyclic amines) is 1. The fourth-order valence-electron chi connectivity index (χ4n) is 5.16. The summed E-state index contributed by atoms with van der Waals surface area (Å²) >= 11 is 4.56. The van der Waals surface area contributed by atoms with Crippen LogP contribution in [0.4, 0.5) is 0 Å². The molecule has 216 valence electrons. The van der Waals surface area contributed by atoms with E-state index in [-0.39, 0.29) is 48.8 Å². The van der Waals surface area contributed by atoms with Crippen molar-refractivity contribution in [3.63, 3.8) is 0 Å². The summed E-state index contributed by atoms with van der Waals surface area (Å²) in [5.74, 6) is -2.60. The molecule has 2 aliphatic carbocycles. The molecule has 1 heterocycles. The van der Waals surface area contributed by atoms with E-state index in [0.29, 0.717) is 0 Å². The monoisotopic (exact) mass is 634 g/mol. The van der Waals surface area contributed by atoms with Crippen molar-refractivity contribution in [2.75, 3.05) is 13.6 Å². The van der Waals surface area contributed by atoms with Crippen LogP contribution in [0.25, 0.3) is 0 Å².